The highest BCUT2D eigenvalue weighted by molar-refractivity contribution is 5.79. The lowest BCUT2D eigenvalue weighted by Gasteiger charge is -2.16. The number of hydrogen-bond donors (Lipinski definition) is 2. The van der Waals surface area contributed by atoms with E-state index >= 15 is 0 Å². The van der Waals surface area contributed by atoms with Gasteiger partial charge in [0, 0.05) is 26.6 Å². The van der Waals surface area contributed by atoms with Gasteiger partial charge in [-0.15, -0.1) is 0 Å². The van der Waals surface area contributed by atoms with Crippen molar-refractivity contribution in [1.29, 1.82) is 0 Å². The summed E-state index contributed by atoms with van der Waals surface area (Å²) in [7, 11) is 1.77. The summed E-state index contributed by atoms with van der Waals surface area (Å²) >= 11 is 0. The van der Waals surface area contributed by atoms with E-state index in [9.17, 15) is 0 Å². The highest BCUT2D eigenvalue weighted by Gasteiger charge is 2.07. The molecular weight excluding hydrogens is 290 g/mol. The molecule has 23 heavy (non-hydrogen) atoms. The number of nitrogens with zero attached hydrogens (tertiary/aromatic N) is 3. The Morgan fingerprint density at radius 3 is 2.78 bits per heavy atom. The van der Waals surface area contributed by atoms with E-state index < -0.39 is 0 Å². The van der Waals surface area contributed by atoms with Crippen molar-refractivity contribution in [2.24, 2.45) is 4.99 Å². The van der Waals surface area contributed by atoms with Crippen molar-refractivity contribution in [2.45, 2.75) is 33.1 Å². The van der Waals surface area contributed by atoms with Crippen LogP contribution in [0.2, 0.25) is 0 Å². The number of aromatic nitrogens is 2. The lowest BCUT2D eigenvalue weighted by molar-refractivity contribution is 0.374. The first kappa shape index (κ1) is 17.0. The largest absolute Gasteiger partial charge is 0.356 e. The molecule has 1 aromatic carbocycles. The zero-order valence-corrected chi connectivity index (χ0v) is 14.3. The maximum Gasteiger partial charge on any atom is 0.228 e. The molecule has 6 heteroatoms. The highest BCUT2D eigenvalue weighted by atomic mass is 16.5. The average Bonchev–Trinajstić information content (AvgIpc) is 2.95. The Bertz CT molecular complexity index is 650. The molecule has 1 heterocycles. The minimum Gasteiger partial charge on any atom is -0.356 e. The van der Waals surface area contributed by atoms with Crippen LogP contribution in [0.4, 0.5) is 0 Å². The summed E-state index contributed by atoms with van der Waals surface area (Å²) in [6, 6.07) is 8.60. The lowest BCUT2D eigenvalue weighted by Crippen LogP contribution is -2.39. The summed E-state index contributed by atoms with van der Waals surface area (Å²) in [5, 5.41) is 10.4. The van der Waals surface area contributed by atoms with Crippen molar-refractivity contribution in [3.8, 4) is 0 Å². The van der Waals surface area contributed by atoms with Crippen LogP contribution in [-0.2, 0) is 6.42 Å². The van der Waals surface area contributed by atoms with Gasteiger partial charge in [0.1, 0.15) is 0 Å². The Kier molecular flexibility index (Phi) is 6.14. The van der Waals surface area contributed by atoms with Gasteiger partial charge >= 0.3 is 0 Å². The molecule has 0 radical (unpaired) electrons. The highest BCUT2D eigenvalue weighted by Crippen LogP contribution is 2.15. The predicted octanol–water partition coefficient (Wildman–Crippen LogP) is 2.20. The Morgan fingerprint density at radius 2 is 2.13 bits per heavy atom. The molecule has 6 nitrogen and oxygen atoms in total. The summed E-state index contributed by atoms with van der Waals surface area (Å²) in [4.78, 5) is 8.41. The Balaban J connectivity index is 1.76. The molecule has 2 rings (SSSR count). The Morgan fingerprint density at radius 1 is 1.30 bits per heavy atom. The normalized spacial score (nSPS) is 13.0. The zero-order valence-electron chi connectivity index (χ0n) is 14.3. The first-order valence-corrected chi connectivity index (χ1v) is 7.88. The molecular formula is C17H25N5O. The van der Waals surface area contributed by atoms with Gasteiger partial charge in [-0.1, -0.05) is 41.9 Å². The van der Waals surface area contributed by atoms with Crippen LogP contribution in [0.5, 0.6) is 0 Å². The van der Waals surface area contributed by atoms with Crippen LogP contribution < -0.4 is 10.6 Å². The van der Waals surface area contributed by atoms with Gasteiger partial charge < -0.3 is 15.2 Å². The SMILES string of the molecule is CN=C(NCCc1nc(C)no1)NCC(C)c1cccc(C)c1. The van der Waals surface area contributed by atoms with Crippen LogP contribution in [0.1, 0.15) is 35.7 Å². The van der Waals surface area contributed by atoms with E-state index in [-0.39, 0.29) is 0 Å². The van der Waals surface area contributed by atoms with Gasteiger partial charge in [0.2, 0.25) is 5.89 Å². The molecule has 0 aliphatic rings. The maximum absolute atomic E-state index is 5.09. The second kappa shape index (κ2) is 8.31. The van der Waals surface area contributed by atoms with Gasteiger partial charge in [0.05, 0.1) is 0 Å². The van der Waals surface area contributed by atoms with Gasteiger partial charge in [-0.2, -0.15) is 4.98 Å². The number of rotatable bonds is 6. The van der Waals surface area contributed by atoms with Crippen LogP contribution in [-0.4, -0.2) is 36.2 Å². The first-order valence-electron chi connectivity index (χ1n) is 7.88. The summed E-state index contributed by atoms with van der Waals surface area (Å²) in [5.74, 6) is 2.49. The van der Waals surface area contributed by atoms with Crippen LogP contribution in [0, 0.1) is 13.8 Å². The Hall–Kier alpha value is -2.37. The first-order chi connectivity index (χ1) is 11.1. The lowest BCUT2D eigenvalue weighted by atomic mass is 9.99. The second-order valence-electron chi connectivity index (χ2n) is 5.68. The fourth-order valence-corrected chi connectivity index (χ4v) is 2.29. The number of hydrogen-bond acceptors (Lipinski definition) is 4. The summed E-state index contributed by atoms with van der Waals surface area (Å²) in [6.45, 7) is 7.65. The molecule has 1 aromatic heterocycles. The van der Waals surface area contributed by atoms with E-state index in [1.54, 1.807) is 7.05 Å². The van der Waals surface area contributed by atoms with E-state index in [1.165, 1.54) is 11.1 Å². The van der Waals surface area contributed by atoms with E-state index in [2.05, 4.69) is 63.9 Å². The molecule has 0 spiro atoms. The molecule has 2 aromatic rings. The number of aliphatic imine (C=N–C) groups is 1. The number of nitrogens with one attached hydrogen (secondary N) is 2. The van der Waals surface area contributed by atoms with Crippen LogP contribution >= 0.6 is 0 Å². The smallest absolute Gasteiger partial charge is 0.228 e. The van der Waals surface area contributed by atoms with E-state index in [0.29, 0.717) is 30.6 Å². The third kappa shape index (κ3) is 5.39. The minimum atomic E-state index is 0.409. The van der Waals surface area contributed by atoms with Crippen LogP contribution in [0.3, 0.4) is 0 Å². The molecule has 0 aliphatic heterocycles. The van der Waals surface area contributed by atoms with E-state index in [1.807, 2.05) is 6.92 Å². The van der Waals surface area contributed by atoms with Crippen molar-refractivity contribution in [3.05, 3.63) is 47.1 Å². The summed E-state index contributed by atoms with van der Waals surface area (Å²) in [6.07, 6.45) is 0.676. The van der Waals surface area contributed by atoms with Crippen LogP contribution in [0.25, 0.3) is 0 Å². The van der Waals surface area contributed by atoms with Crippen molar-refractivity contribution < 1.29 is 4.52 Å². The predicted molar refractivity (Wildman–Crippen MR) is 91.7 cm³/mol. The van der Waals surface area contributed by atoms with Gasteiger partial charge in [0.15, 0.2) is 11.8 Å². The molecule has 124 valence electrons. The monoisotopic (exact) mass is 315 g/mol. The number of benzene rings is 1. The van der Waals surface area contributed by atoms with Gasteiger partial charge in [-0.25, -0.2) is 0 Å². The zero-order chi connectivity index (χ0) is 16.7. The molecule has 2 N–H and O–H groups in total. The van der Waals surface area contributed by atoms with Crippen LogP contribution in [0.15, 0.2) is 33.8 Å². The van der Waals surface area contributed by atoms with E-state index in [0.717, 1.165) is 12.5 Å². The number of aryl methyl sites for hydroxylation is 2. The molecule has 0 aliphatic carbocycles. The van der Waals surface area contributed by atoms with Gasteiger partial charge in [0.25, 0.3) is 0 Å². The maximum atomic E-state index is 5.09. The quantitative estimate of drug-likeness (QED) is 0.631. The second-order valence-corrected chi connectivity index (χ2v) is 5.68. The standard InChI is InChI=1S/C17H25N5O/c1-12-6-5-7-15(10-12)13(2)11-20-17(18-4)19-9-8-16-21-14(3)22-23-16/h5-7,10,13H,8-9,11H2,1-4H3,(H2,18,19,20). The molecule has 0 bridgehead atoms. The molecule has 1 unspecified atom stereocenters. The Labute approximate surface area is 137 Å². The minimum absolute atomic E-state index is 0.409. The topological polar surface area (TPSA) is 75.3 Å². The molecule has 0 amide bonds. The third-order valence-electron chi connectivity index (χ3n) is 3.61. The van der Waals surface area contributed by atoms with Crippen molar-refractivity contribution >= 4 is 5.96 Å². The molecule has 0 saturated heterocycles. The fourth-order valence-electron chi connectivity index (χ4n) is 2.29. The fraction of sp³-hybridized carbons (Fsp3) is 0.471. The summed E-state index contributed by atoms with van der Waals surface area (Å²) in [5.41, 5.74) is 2.61. The average molecular weight is 315 g/mol. The van der Waals surface area contributed by atoms with Crippen molar-refractivity contribution in [3.63, 3.8) is 0 Å². The number of guanidine groups is 1. The van der Waals surface area contributed by atoms with Crippen molar-refractivity contribution in [2.75, 3.05) is 20.1 Å². The molecule has 0 fully saturated rings. The third-order valence-corrected chi connectivity index (χ3v) is 3.61. The van der Waals surface area contributed by atoms with E-state index in [4.69, 9.17) is 4.52 Å². The molecule has 1 atom stereocenters. The van der Waals surface area contributed by atoms with Gasteiger partial charge in [-0.3, -0.25) is 4.99 Å². The molecule has 0 saturated carbocycles. The van der Waals surface area contributed by atoms with Crippen molar-refractivity contribution in [1.82, 2.24) is 20.8 Å². The summed E-state index contributed by atoms with van der Waals surface area (Å²) < 4.78 is 5.09. The van der Waals surface area contributed by atoms with Gasteiger partial charge in [-0.05, 0) is 25.3 Å².